The molecule has 0 aromatic heterocycles. The molecule has 1 aromatic carbocycles. The highest BCUT2D eigenvalue weighted by molar-refractivity contribution is 5.14. The Morgan fingerprint density at radius 3 is 2.62 bits per heavy atom. The molecule has 0 spiro atoms. The van der Waals surface area contributed by atoms with Gasteiger partial charge < -0.3 is 18.9 Å². The molecular formula is C17H24O4. The minimum atomic E-state index is -0.367. The van der Waals surface area contributed by atoms with Crippen LogP contribution in [0.3, 0.4) is 0 Å². The number of hydrogen-bond donors (Lipinski definition) is 0. The van der Waals surface area contributed by atoms with Crippen molar-refractivity contribution in [3.8, 4) is 0 Å². The topological polar surface area (TPSA) is 36.9 Å². The van der Waals surface area contributed by atoms with E-state index in [4.69, 9.17) is 18.9 Å². The summed E-state index contributed by atoms with van der Waals surface area (Å²) in [4.78, 5) is 0. The fraction of sp³-hybridized carbons (Fsp3) is 0.647. The Balaban J connectivity index is 1.65. The lowest BCUT2D eigenvalue weighted by molar-refractivity contribution is -0.216. The maximum Gasteiger partial charge on any atom is 0.163 e. The van der Waals surface area contributed by atoms with Crippen LogP contribution in [0.2, 0.25) is 0 Å². The van der Waals surface area contributed by atoms with Crippen LogP contribution in [0.1, 0.15) is 18.9 Å². The molecule has 0 radical (unpaired) electrons. The third-order valence-electron chi connectivity index (χ3n) is 4.80. The predicted octanol–water partition coefficient (Wildman–Crippen LogP) is 2.62. The Morgan fingerprint density at radius 1 is 1.19 bits per heavy atom. The quantitative estimate of drug-likeness (QED) is 0.807. The van der Waals surface area contributed by atoms with E-state index in [1.807, 2.05) is 18.2 Å². The van der Waals surface area contributed by atoms with Crippen LogP contribution in [-0.2, 0) is 25.6 Å². The largest absolute Gasteiger partial charge is 0.378 e. The molecule has 1 aromatic rings. The van der Waals surface area contributed by atoms with Gasteiger partial charge in [0.15, 0.2) is 6.29 Å². The van der Waals surface area contributed by atoms with Gasteiger partial charge in [0.25, 0.3) is 0 Å². The van der Waals surface area contributed by atoms with E-state index in [1.165, 1.54) is 5.56 Å². The first-order chi connectivity index (χ1) is 10.2. The number of fused-ring (bicyclic) bond motifs is 2. The van der Waals surface area contributed by atoms with Crippen LogP contribution in [0.5, 0.6) is 0 Å². The van der Waals surface area contributed by atoms with Crippen molar-refractivity contribution in [2.45, 2.75) is 37.9 Å². The summed E-state index contributed by atoms with van der Waals surface area (Å²) in [6.07, 6.45) is 0.831. The molecule has 4 nitrogen and oxygen atoms in total. The van der Waals surface area contributed by atoms with Crippen molar-refractivity contribution < 1.29 is 18.9 Å². The van der Waals surface area contributed by atoms with Gasteiger partial charge in [0.2, 0.25) is 0 Å². The van der Waals surface area contributed by atoms with E-state index in [9.17, 15) is 0 Å². The van der Waals surface area contributed by atoms with Crippen LogP contribution >= 0.6 is 0 Å². The molecule has 1 aliphatic carbocycles. The third-order valence-corrected chi connectivity index (χ3v) is 4.80. The lowest BCUT2D eigenvalue weighted by Gasteiger charge is -2.33. The summed E-state index contributed by atoms with van der Waals surface area (Å²) < 4.78 is 23.3. The molecule has 0 N–H and O–H groups in total. The molecule has 3 rings (SSSR count). The predicted molar refractivity (Wildman–Crippen MR) is 78.8 cm³/mol. The summed E-state index contributed by atoms with van der Waals surface area (Å²) in [5.74, 6) is 0.814. The monoisotopic (exact) mass is 292 g/mol. The number of ether oxygens (including phenoxy) is 4. The Morgan fingerprint density at radius 2 is 1.95 bits per heavy atom. The number of hydrogen-bond acceptors (Lipinski definition) is 4. The van der Waals surface area contributed by atoms with Gasteiger partial charge in [-0.1, -0.05) is 37.3 Å². The number of benzene rings is 1. The lowest BCUT2D eigenvalue weighted by Crippen LogP contribution is -2.43. The molecule has 2 aliphatic rings. The Bertz CT molecular complexity index is 463. The molecule has 2 bridgehead atoms. The van der Waals surface area contributed by atoms with Gasteiger partial charge >= 0.3 is 0 Å². The minimum Gasteiger partial charge on any atom is -0.378 e. The van der Waals surface area contributed by atoms with Crippen molar-refractivity contribution in [2.75, 3.05) is 20.8 Å². The second-order valence-corrected chi connectivity index (χ2v) is 6.18. The molecule has 1 saturated heterocycles. The van der Waals surface area contributed by atoms with E-state index < -0.39 is 0 Å². The summed E-state index contributed by atoms with van der Waals surface area (Å²) in [6.45, 7) is 3.38. The average Bonchev–Trinajstić information content (AvgIpc) is 2.96. The Hall–Kier alpha value is -0.940. The van der Waals surface area contributed by atoms with Crippen LogP contribution in [0.15, 0.2) is 30.3 Å². The van der Waals surface area contributed by atoms with Gasteiger partial charge in [0.05, 0.1) is 19.3 Å². The molecule has 21 heavy (non-hydrogen) atoms. The van der Waals surface area contributed by atoms with Crippen molar-refractivity contribution in [3.05, 3.63) is 35.9 Å². The highest BCUT2D eigenvalue weighted by Crippen LogP contribution is 2.53. The zero-order valence-electron chi connectivity index (χ0n) is 13.0. The van der Waals surface area contributed by atoms with Crippen molar-refractivity contribution >= 4 is 0 Å². The van der Waals surface area contributed by atoms with Gasteiger partial charge in [-0.15, -0.1) is 0 Å². The van der Waals surface area contributed by atoms with Gasteiger partial charge in [-0.05, 0) is 17.9 Å². The van der Waals surface area contributed by atoms with E-state index in [0.29, 0.717) is 25.0 Å². The lowest BCUT2D eigenvalue weighted by atomic mass is 9.96. The van der Waals surface area contributed by atoms with E-state index in [0.717, 1.165) is 6.42 Å². The molecule has 1 saturated carbocycles. The van der Waals surface area contributed by atoms with E-state index in [1.54, 1.807) is 14.2 Å². The Labute approximate surface area is 126 Å². The van der Waals surface area contributed by atoms with Crippen molar-refractivity contribution in [2.24, 2.45) is 11.8 Å². The maximum atomic E-state index is 6.14. The summed E-state index contributed by atoms with van der Waals surface area (Å²) >= 11 is 0. The van der Waals surface area contributed by atoms with Gasteiger partial charge in [0.1, 0.15) is 5.60 Å². The standard InChI is InChI=1S/C17H24O4/c1-12-9-17(11-20-10-13-7-5-4-6-8-13)15(18-2)14(12)16(19-3)21-17/h4-8,12,14-16H,9-11H2,1-3H3/t12?,14-,15-,16+,17+/m0/s1. The van der Waals surface area contributed by atoms with Crippen molar-refractivity contribution in [1.29, 1.82) is 0 Å². The third kappa shape index (κ3) is 2.61. The van der Waals surface area contributed by atoms with Crippen LogP contribution in [-0.4, -0.2) is 38.8 Å². The van der Waals surface area contributed by atoms with Crippen molar-refractivity contribution in [3.63, 3.8) is 0 Å². The second-order valence-electron chi connectivity index (χ2n) is 6.18. The first kappa shape index (κ1) is 15.0. The zero-order valence-corrected chi connectivity index (χ0v) is 13.0. The van der Waals surface area contributed by atoms with E-state index in [-0.39, 0.29) is 18.0 Å². The summed E-state index contributed by atoms with van der Waals surface area (Å²) in [5, 5.41) is 0. The Kier molecular flexibility index (Phi) is 4.31. The second kappa shape index (κ2) is 6.05. The summed E-state index contributed by atoms with van der Waals surface area (Å²) in [7, 11) is 3.45. The van der Waals surface area contributed by atoms with Gasteiger partial charge in [-0.2, -0.15) is 0 Å². The van der Waals surface area contributed by atoms with Crippen LogP contribution in [0, 0.1) is 11.8 Å². The smallest absolute Gasteiger partial charge is 0.163 e. The fourth-order valence-electron chi connectivity index (χ4n) is 3.95. The highest BCUT2D eigenvalue weighted by Gasteiger charge is 2.63. The molecule has 4 heteroatoms. The normalized spacial score (nSPS) is 38.0. The van der Waals surface area contributed by atoms with Gasteiger partial charge in [-0.25, -0.2) is 0 Å². The van der Waals surface area contributed by atoms with Gasteiger partial charge in [-0.3, -0.25) is 0 Å². The van der Waals surface area contributed by atoms with Crippen molar-refractivity contribution in [1.82, 2.24) is 0 Å². The van der Waals surface area contributed by atoms with E-state index in [2.05, 4.69) is 19.1 Å². The maximum absolute atomic E-state index is 6.14. The number of rotatable bonds is 6. The molecule has 5 atom stereocenters. The average molecular weight is 292 g/mol. The molecule has 1 aliphatic heterocycles. The fourth-order valence-corrected chi connectivity index (χ4v) is 3.95. The first-order valence-electron chi connectivity index (χ1n) is 7.55. The highest BCUT2D eigenvalue weighted by atomic mass is 16.7. The van der Waals surface area contributed by atoms with Crippen LogP contribution < -0.4 is 0 Å². The molecule has 2 fully saturated rings. The molecular weight excluding hydrogens is 268 g/mol. The van der Waals surface area contributed by atoms with Gasteiger partial charge in [0, 0.05) is 20.1 Å². The van der Waals surface area contributed by atoms with Crippen LogP contribution in [0.4, 0.5) is 0 Å². The first-order valence-corrected chi connectivity index (χ1v) is 7.55. The van der Waals surface area contributed by atoms with Crippen LogP contribution in [0.25, 0.3) is 0 Å². The minimum absolute atomic E-state index is 0.0493. The summed E-state index contributed by atoms with van der Waals surface area (Å²) in [6, 6.07) is 10.2. The zero-order chi connectivity index (χ0) is 14.9. The molecule has 0 amide bonds. The summed E-state index contributed by atoms with van der Waals surface area (Å²) in [5.41, 5.74) is 0.806. The molecule has 1 heterocycles. The SMILES string of the molecule is CO[C@@H]1O[C@@]2(COCc3ccccc3)CC(C)[C@H]1[C@@H]2OC. The number of methoxy groups -OCH3 is 2. The molecule has 116 valence electrons. The van der Waals surface area contributed by atoms with E-state index >= 15 is 0 Å². The molecule has 1 unspecified atom stereocenters.